The van der Waals surface area contributed by atoms with E-state index in [1.165, 1.54) is 10.8 Å². The van der Waals surface area contributed by atoms with Gasteiger partial charge < -0.3 is 9.47 Å². The van der Waals surface area contributed by atoms with Crippen LogP contribution in [0.3, 0.4) is 0 Å². The summed E-state index contributed by atoms with van der Waals surface area (Å²) in [6, 6.07) is -0.569. The van der Waals surface area contributed by atoms with E-state index in [0.29, 0.717) is 5.56 Å². The molecule has 140 valence electrons. The van der Waals surface area contributed by atoms with Crippen molar-refractivity contribution in [2.24, 2.45) is 11.0 Å². The van der Waals surface area contributed by atoms with E-state index >= 15 is 0 Å². The van der Waals surface area contributed by atoms with Gasteiger partial charge in [-0.3, -0.25) is 19.1 Å². The van der Waals surface area contributed by atoms with Crippen LogP contribution >= 0.6 is 0 Å². The van der Waals surface area contributed by atoms with Crippen molar-refractivity contribution in [3.63, 3.8) is 0 Å². The van der Waals surface area contributed by atoms with Crippen molar-refractivity contribution in [2.45, 2.75) is 57.4 Å². The maximum absolute atomic E-state index is 12.1. The predicted octanol–water partition coefficient (Wildman–Crippen LogP) is 1.54. The Kier molecular flexibility index (Phi) is 5.43. The molecule has 10 heteroatoms. The molecule has 2 fully saturated rings. The molecule has 2 aliphatic rings. The quantitative estimate of drug-likeness (QED) is 0.366. The van der Waals surface area contributed by atoms with Crippen LogP contribution in [0.25, 0.3) is 10.4 Å². The molecular weight excluding hydrogens is 342 g/mol. The maximum Gasteiger partial charge on any atom is 0.330 e. The second kappa shape index (κ2) is 7.76. The second-order valence-electron chi connectivity index (χ2n) is 6.73. The molecule has 2 heterocycles. The van der Waals surface area contributed by atoms with Crippen molar-refractivity contribution >= 4 is 5.97 Å². The molecule has 26 heavy (non-hydrogen) atoms. The number of azide groups is 1. The third-order valence-corrected chi connectivity index (χ3v) is 4.94. The molecule has 0 spiro atoms. The summed E-state index contributed by atoms with van der Waals surface area (Å²) in [5.74, 6) is -0.333. The van der Waals surface area contributed by atoms with E-state index < -0.39 is 29.6 Å². The van der Waals surface area contributed by atoms with Gasteiger partial charge in [0.05, 0.1) is 12.0 Å². The van der Waals surface area contributed by atoms with Crippen LogP contribution in [-0.4, -0.2) is 34.3 Å². The number of H-pyrrole nitrogens is 1. The first-order valence-corrected chi connectivity index (χ1v) is 8.68. The van der Waals surface area contributed by atoms with Gasteiger partial charge >= 0.3 is 11.7 Å². The zero-order valence-corrected chi connectivity index (χ0v) is 14.5. The SMILES string of the molecule is Cc1cn([C@H]2C[C@H](N=[N+]=[N-])[C@@H](COC(=O)C3CCCC3)O2)c(=O)[nH]c1=O. The van der Waals surface area contributed by atoms with Crippen molar-refractivity contribution in [3.05, 3.63) is 43.0 Å². The van der Waals surface area contributed by atoms with E-state index in [2.05, 4.69) is 15.0 Å². The molecule has 3 rings (SSSR count). The summed E-state index contributed by atoms with van der Waals surface area (Å²) in [6.07, 6.45) is 4.03. The molecule has 1 saturated carbocycles. The molecule has 0 amide bonds. The van der Waals surface area contributed by atoms with Gasteiger partial charge in [-0.15, -0.1) is 0 Å². The molecule has 3 atom stereocenters. The van der Waals surface area contributed by atoms with Gasteiger partial charge in [0.15, 0.2) is 0 Å². The number of nitrogens with one attached hydrogen (secondary N) is 1. The topological polar surface area (TPSA) is 139 Å². The third-order valence-electron chi connectivity index (χ3n) is 4.94. The summed E-state index contributed by atoms with van der Waals surface area (Å²) >= 11 is 0. The van der Waals surface area contributed by atoms with Gasteiger partial charge in [-0.1, -0.05) is 18.0 Å². The van der Waals surface area contributed by atoms with Gasteiger partial charge in [-0.2, -0.15) is 0 Å². The Hall–Kier alpha value is -2.58. The fourth-order valence-electron chi connectivity index (χ4n) is 3.47. The Morgan fingerprint density at radius 2 is 2.19 bits per heavy atom. The molecule has 1 aromatic rings. The lowest BCUT2D eigenvalue weighted by Gasteiger charge is -2.18. The van der Waals surface area contributed by atoms with Crippen LogP contribution in [0.4, 0.5) is 0 Å². The van der Waals surface area contributed by atoms with Crippen LogP contribution in [0.2, 0.25) is 0 Å². The Morgan fingerprint density at radius 1 is 1.46 bits per heavy atom. The molecule has 0 bridgehead atoms. The molecule has 1 saturated heterocycles. The number of hydrogen-bond donors (Lipinski definition) is 1. The number of aryl methyl sites for hydroxylation is 1. The molecule has 1 aliphatic carbocycles. The lowest BCUT2D eigenvalue weighted by Crippen LogP contribution is -2.33. The first kappa shape index (κ1) is 18.2. The number of carbonyl (C=O) groups is 1. The smallest absolute Gasteiger partial charge is 0.330 e. The lowest BCUT2D eigenvalue weighted by atomic mass is 10.1. The van der Waals surface area contributed by atoms with Gasteiger partial charge in [0.25, 0.3) is 5.56 Å². The molecule has 1 N–H and O–H groups in total. The Balaban J connectivity index is 1.71. The fraction of sp³-hybridized carbons (Fsp3) is 0.688. The normalized spacial score (nSPS) is 25.8. The van der Waals surface area contributed by atoms with Crippen molar-refractivity contribution in [1.29, 1.82) is 0 Å². The third kappa shape index (κ3) is 3.81. The monoisotopic (exact) mass is 363 g/mol. The predicted molar refractivity (Wildman–Crippen MR) is 90.4 cm³/mol. The number of rotatable bonds is 5. The average molecular weight is 363 g/mol. The number of aromatic nitrogens is 2. The van der Waals surface area contributed by atoms with E-state index in [-0.39, 0.29) is 24.9 Å². The highest BCUT2D eigenvalue weighted by Crippen LogP contribution is 2.31. The summed E-state index contributed by atoms with van der Waals surface area (Å²) < 4.78 is 12.4. The molecule has 0 unspecified atom stereocenters. The van der Waals surface area contributed by atoms with Crippen LogP contribution < -0.4 is 11.2 Å². The van der Waals surface area contributed by atoms with Gasteiger partial charge in [-0.25, -0.2) is 4.79 Å². The largest absolute Gasteiger partial charge is 0.463 e. The number of ether oxygens (including phenoxy) is 2. The van der Waals surface area contributed by atoms with E-state index in [4.69, 9.17) is 15.0 Å². The summed E-state index contributed by atoms with van der Waals surface area (Å²) in [7, 11) is 0. The molecule has 0 radical (unpaired) electrons. The van der Waals surface area contributed by atoms with E-state index in [1.807, 2.05) is 0 Å². The molecule has 1 aliphatic heterocycles. The highest BCUT2D eigenvalue weighted by Gasteiger charge is 2.37. The van der Waals surface area contributed by atoms with Gasteiger partial charge in [0.1, 0.15) is 18.9 Å². The van der Waals surface area contributed by atoms with Gasteiger partial charge in [0, 0.05) is 23.1 Å². The van der Waals surface area contributed by atoms with Gasteiger partial charge in [0.2, 0.25) is 0 Å². The van der Waals surface area contributed by atoms with Crippen molar-refractivity contribution in [1.82, 2.24) is 9.55 Å². The number of nitrogens with zero attached hydrogens (tertiary/aromatic N) is 4. The van der Waals surface area contributed by atoms with Crippen molar-refractivity contribution in [3.8, 4) is 0 Å². The highest BCUT2D eigenvalue weighted by atomic mass is 16.6. The zero-order chi connectivity index (χ0) is 18.7. The van der Waals surface area contributed by atoms with E-state index in [1.54, 1.807) is 6.92 Å². The number of esters is 1. The summed E-state index contributed by atoms with van der Waals surface area (Å²) in [4.78, 5) is 40.6. The number of aromatic amines is 1. The minimum atomic E-state index is -0.705. The standard InChI is InChI=1S/C16H21N5O5/c1-9-7-21(16(24)18-14(9)22)13-6-11(19-20-17)12(26-13)8-25-15(23)10-4-2-3-5-10/h7,10-13H,2-6,8H2,1H3,(H,18,22,24)/t11-,12+,13+/m0/s1. The van der Waals surface area contributed by atoms with Crippen LogP contribution in [-0.2, 0) is 14.3 Å². The fourth-order valence-corrected chi connectivity index (χ4v) is 3.47. The minimum Gasteiger partial charge on any atom is -0.463 e. The molecular formula is C16H21N5O5. The zero-order valence-electron chi connectivity index (χ0n) is 14.5. The molecule has 10 nitrogen and oxygen atoms in total. The van der Waals surface area contributed by atoms with Crippen LogP contribution in [0, 0.1) is 12.8 Å². The number of hydrogen-bond acceptors (Lipinski definition) is 6. The lowest BCUT2D eigenvalue weighted by molar-refractivity contribution is -0.153. The van der Waals surface area contributed by atoms with Crippen molar-refractivity contribution < 1.29 is 14.3 Å². The Labute approximate surface area is 148 Å². The average Bonchev–Trinajstić information content (AvgIpc) is 3.26. The Morgan fingerprint density at radius 3 is 2.88 bits per heavy atom. The Bertz CT molecular complexity index is 834. The van der Waals surface area contributed by atoms with E-state index in [9.17, 15) is 14.4 Å². The first-order chi connectivity index (χ1) is 12.5. The van der Waals surface area contributed by atoms with Crippen LogP contribution in [0.1, 0.15) is 43.9 Å². The van der Waals surface area contributed by atoms with Crippen LogP contribution in [0.5, 0.6) is 0 Å². The maximum atomic E-state index is 12.1. The van der Waals surface area contributed by atoms with E-state index in [0.717, 1.165) is 25.7 Å². The van der Waals surface area contributed by atoms with Crippen molar-refractivity contribution in [2.75, 3.05) is 6.61 Å². The molecule has 1 aromatic heterocycles. The number of carbonyl (C=O) groups excluding carboxylic acids is 1. The minimum absolute atomic E-state index is 0.0351. The first-order valence-electron chi connectivity index (χ1n) is 8.68. The second-order valence-corrected chi connectivity index (χ2v) is 6.73. The van der Waals surface area contributed by atoms with Gasteiger partial charge in [-0.05, 0) is 25.3 Å². The summed E-state index contributed by atoms with van der Waals surface area (Å²) in [5, 5.41) is 3.70. The molecule has 0 aromatic carbocycles. The summed E-state index contributed by atoms with van der Waals surface area (Å²) in [6.45, 7) is 1.54. The van der Waals surface area contributed by atoms with Crippen LogP contribution in [0.15, 0.2) is 20.9 Å². The highest BCUT2D eigenvalue weighted by molar-refractivity contribution is 5.72. The summed E-state index contributed by atoms with van der Waals surface area (Å²) in [5.41, 5.74) is 8.07.